The highest BCUT2D eigenvalue weighted by Gasteiger charge is 2.50. The number of carbonyl (C=O) groups excluding carboxylic acids is 1. The molecule has 1 nitrogen and oxygen atoms in total. The summed E-state index contributed by atoms with van der Waals surface area (Å²) in [7, 11) is 0. The molecule has 0 amide bonds. The Balaban J connectivity index is 0.000000771. The fourth-order valence-corrected chi connectivity index (χ4v) is 3.48. The molecule has 0 fully saturated rings. The minimum atomic E-state index is -0.253. The van der Waals surface area contributed by atoms with Gasteiger partial charge in [-0.2, -0.15) is 0 Å². The van der Waals surface area contributed by atoms with E-state index in [0.29, 0.717) is 24.0 Å². The van der Waals surface area contributed by atoms with Crippen LogP contribution >= 0.6 is 0 Å². The van der Waals surface area contributed by atoms with Gasteiger partial charge in [0, 0.05) is 6.42 Å². The molecule has 0 saturated carbocycles. The van der Waals surface area contributed by atoms with E-state index in [4.69, 9.17) is 0 Å². The number of Topliss-reactive ketones (excluding diaryl/α,β-unsaturated/α-hetero) is 1. The van der Waals surface area contributed by atoms with E-state index in [1.165, 1.54) is 11.1 Å². The predicted octanol–water partition coefficient (Wildman–Crippen LogP) is 4.39. The molecule has 0 unspecified atom stereocenters. The summed E-state index contributed by atoms with van der Waals surface area (Å²) in [6.45, 7) is 12.7. The van der Waals surface area contributed by atoms with E-state index < -0.39 is 0 Å². The van der Waals surface area contributed by atoms with Gasteiger partial charge in [-0.05, 0) is 23.0 Å². The molecule has 0 spiro atoms. The molecule has 1 aliphatic carbocycles. The third-order valence-corrected chi connectivity index (χ3v) is 4.10. The molecule has 1 aromatic carbocycles. The van der Waals surface area contributed by atoms with Crippen LogP contribution in [0, 0.1) is 11.8 Å². The standard InChI is InChI=1S/C15H20O.C2H6/c1-10(2)15(11(3)4)13-8-6-5-7-12(13)9-14(15)16;1-2/h5-8,10-11H,9H2,1-4H3;1-2H3. The van der Waals surface area contributed by atoms with Crippen LogP contribution in [-0.4, -0.2) is 5.78 Å². The molecule has 0 aliphatic heterocycles. The topological polar surface area (TPSA) is 17.1 Å². The molecule has 1 aliphatic rings. The monoisotopic (exact) mass is 246 g/mol. The molecule has 0 radical (unpaired) electrons. The van der Waals surface area contributed by atoms with Crippen molar-refractivity contribution in [3.8, 4) is 0 Å². The first-order valence-corrected chi connectivity index (χ1v) is 7.13. The number of ketones is 1. The van der Waals surface area contributed by atoms with Gasteiger partial charge in [0.2, 0.25) is 0 Å². The van der Waals surface area contributed by atoms with E-state index in [1.807, 2.05) is 19.9 Å². The molecule has 0 atom stereocenters. The van der Waals surface area contributed by atoms with Gasteiger partial charge in [-0.15, -0.1) is 0 Å². The van der Waals surface area contributed by atoms with Gasteiger partial charge < -0.3 is 0 Å². The SMILES string of the molecule is CC.CC(C)C1(C(C)C)C(=O)Cc2ccccc21. The number of fused-ring (bicyclic) bond motifs is 1. The van der Waals surface area contributed by atoms with E-state index in [9.17, 15) is 4.79 Å². The van der Waals surface area contributed by atoms with Crippen molar-refractivity contribution in [2.75, 3.05) is 0 Å². The van der Waals surface area contributed by atoms with Gasteiger partial charge in [0.1, 0.15) is 5.78 Å². The fraction of sp³-hybridized carbons (Fsp3) is 0.588. The first kappa shape index (κ1) is 14.9. The van der Waals surface area contributed by atoms with Crippen LogP contribution in [0.4, 0.5) is 0 Å². The Morgan fingerprint density at radius 3 is 2.00 bits per heavy atom. The molecule has 0 N–H and O–H groups in total. The minimum Gasteiger partial charge on any atom is -0.298 e. The van der Waals surface area contributed by atoms with Gasteiger partial charge in [-0.25, -0.2) is 0 Å². The number of hydrogen-bond acceptors (Lipinski definition) is 1. The molecular formula is C17H26O. The number of hydrogen-bond donors (Lipinski definition) is 0. The summed E-state index contributed by atoms with van der Waals surface area (Å²) in [6, 6.07) is 8.32. The Labute approximate surface area is 112 Å². The van der Waals surface area contributed by atoms with Crippen LogP contribution in [0.25, 0.3) is 0 Å². The van der Waals surface area contributed by atoms with Crippen molar-refractivity contribution in [1.82, 2.24) is 0 Å². The van der Waals surface area contributed by atoms with Crippen LogP contribution < -0.4 is 0 Å². The van der Waals surface area contributed by atoms with Crippen LogP contribution in [0.1, 0.15) is 52.7 Å². The molecule has 1 aromatic rings. The summed E-state index contributed by atoms with van der Waals surface area (Å²) >= 11 is 0. The van der Waals surface area contributed by atoms with E-state index in [2.05, 4.69) is 45.9 Å². The number of rotatable bonds is 2. The first-order chi connectivity index (χ1) is 8.51. The Hall–Kier alpha value is -1.11. The number of carbonyl (C=O) groups is 1. The zero-order chi connectivity index (χ0) is 13.9. The second-order valence-corrected chi connectivity index (χ2v) is 5.44. The van der Waals surface area contributed by atoms with Gasteiger partial charge in [0.05, 0.1) is 5.41 Å². The Kier molecular flexibility index (Phi) is 4.72. The second-order valence-electron chi connectivity index (χ2n) is 5.44. The van der Waals surface area contributed by atoms with Gasteiger partial charge in [0.15, 0.2) is 0 Å². The van der Waals surface area contributed by atoms with Crippen molar-refractivity contribution >= 4 is 5.78 Å². The van der Waals surface area contributed by atoms with Crippen molar-refractivity contribution in [3.63, 3.8) is 0 Å². The summed E-state index contributed by atoms with van der Waals surface area (Å²) in [5.41, 5.74) is 2.25. The van der Waals surface area contributed by atoms with Gasteiger partial charge >= 0.3 is 0 Å². The number of benzene rings is 1. The average molecular weight is 246 g/mol. The maximum atomic E-state index is 12.4. The second kappa shape index (κ2) is 5.69. The van der Waals surface area contributed by atoms with Crippen molar-refractivity contribution in [2.24, 2.45) is 11.8 Å². The quantitative estimate of drug-likeness (QED) is 0.756. The van der Waals surface area contributed by atoms with E-state index in [1.54, 1.807) is 0 Å². The summed E-state index contributed by atoms with van der Waals surface area (Å²) in [4.78, 5) is 12.4. The van der Waals surface area contributed by atoms with Gasteiger partial charge in [0.25, 0.3) is 0 Å². The fourth-order valence-electron chi connectivity index (χ4n) is 3.48. The summed E-state index contributed by atoms with van der Waals surface area (Å²) in [5, 5.41) is 0. The van der Waals surface area contributed by atoms with Gasteiger partial charge in [-0.1, -0.05) is 65.8 Å². The molecule has 0 heterocycles. The first-order valence-electron chi connectivity index (χ1n) is 7.13. The lowest BCUT2D eigenvalue weighted by Gasteiger charge is -2.37. The van der Waals surface area contributed by atoms with Crippen LogP contribution in [-0.2, 0) is 16.6 Å². The molecule has 100 valence electrons. The summed E-state index contributed by atoms with van der Waals surface area (Å²) in [5.74, 6) is 1.13. The molecule has 1 heteroatoms. The molecular weight excluding hydrogens is 220 g/mol. The van der Waals surface area contributed by atoms with E-state index >= 15 is 0 Å². The van der Waals surface area contributed by atoms with Crippen LogP contribution in [0.15, 0.2) is 24.3 Å². The minimum absolute atomic E-state index is 0.253. The maximum absolute atomic E-state index is 12.4. The molecule has 18 heavy (non-hydrogen) atoms. The molecule has 0 aromatic heterocycles. The lowest BCUT2D eigenvalue weighted by molar-refractivity contribution is -0.126. The largest absolute Gasteiger partial charge is 0.298 e. The van der Waals surface area contributed by atoms with Gasteiger partial charge in [-0.3, -0.25) is 4.79 Å². The van der Waals surface area contributed by atoms with Crippen molar-refractivity contribution in [1.29, 1.82) is 0 Å². The van der Waals surface area contributed by atoms with E-state index in [-0.39, 0.29) is 5.41 Å². The zero-order valence-corrected chi connectivity index (χ0v) is 12.6. The smallest absolute Gasteiger partial charge is 0.148 e. The van der Waals surface area contributed by atoms with Crippen LogP contribution in [0.3, 0.4) is 0 Å². The zero-order valence-electron chi connectivity index (χ0n) is 12.6. The molecule has 0 saturated heterocycles. The van der Waals surface area contributed by atoms with E-state index in [0.717, 1.165) is 0 Å². The van der Waals surface area contributed by atoms with Crippen molar-refractivity contribution in [3.05, 3.63) is 35.4 Å². The average Bonchev–Trinajstić information content (AvgIpc) is 2.64. The molecule has 0 bridgehead atoms. The molecule has 2 rings (SSSR count). The summed E-state index contributed by atoms with van der Waals surface area (Å²) < 4.78 is 0. The Bertz CT molecular complexity index is 407. The summed E-state index contributed by atoms with van der Waals surface area (Å²) in [6.07, 6.45) is 0.618. The third-order valence-electron chi connectivity index (χ3n) is 4.10. The van der Waals surface area contributed by atoms with Crippen LogP contribution in [0.2, 0.25) is 0 Å². The lowest BCUT2D eigenvalue weighted by Crippen LogP contribution is -2.42. The highest BCUT2D eigenvalue weighted by Crippen LogP contribution is 2.46. The normalized spacial score (nSPS) is 16.6. The van der Waals surface area contributed by atoms with Crippen molar-refractivity contribution < 1.29 is 4.79 Å². The Morgan fingerprint density at radius 1 is 1.00 bits per heavy atom. The lowest BCUT2D eigenvalue weighted by atomic mass is 9.64. The van der Waals surface area contributed by atoms with Crippen LogP contribution in [0.5, 0.6) is 0 Å². The highest BCUT2D eigenvalue weighted by atomic mass is 16.1. The highest BCUT2D eigenvalue weighted by molar-refractivity contribution is 5.97. The maximum Gasteiger partial charge on any atom is 0.148 e. The third kappa shape index (κ3) is 2.00. The predicted molar refractivity (Wildman–Crippen MR) is 77.9 cm³/mol. The Morgan fingerprint density at radius 2 is 1.50 bits per heavy atom. The van der Waals surface area contributed by atoms with Crippen molar-refractivity contribution in [2.45, 2.75) is 53.4 Å².